The summed E-state index contributed by atoms with van der Waals surface area (Å²) in [5.41, 5.74) is 3.21. The number of thiazole rings is 1. The second-order valence-electron chi connectivity index (χ2n) is 7.47. The summed E-state index contributed by atoms with van der Waals surface area (Å²) < 4.78 is 22.2. The van der Waals surface area contributed by atoms with Crippen molar-refractivity contribution in [3.63, 3.8) is 0 Å². The average molecular weight is 458 g/mol. The van der Waals surface area contributed by atoms with E-state index < -0.39 is 5.91 Å². The van der Waals surface area contributed by atoms with E-state index in [0.29, 0.717) is 40.2 Å². The molecule has 0 radical (unpaired) electrons. The van der Waals surface area contributed by atoms with Gasteiger partial charge in [-0.25, -0.2) is 9.37 Å². The number of methoxy groups -OCH3 is 1. The van der Waals surface area contributed by atoms with E-state index in [4.69, 9.17) is 9.72 Å². The van der Waals surface area contributed by atoms with Gasteiger partial charge in [-0.2, -0.15) is 4.99 Å². The van der Waals surface area contributed by atoms with Gasteiger partial charge in [0, 0.05) is 24.6 Å². The number of benzene rings is 3. The molecule has 7 heteroatoms. The first kappa shape index (κ1) is 21.2. The lowest BCUT2D eigenvalue weighted by molar-refractivity contribution is 0.0999. The summed E-state index contributed by atoms with van der Waals surface area (Å²) in [5.74, 6) is -0.751. The van der Waals surface area contributed by atoms with Crippen molar-refractivity contribution in [3.8, 4) is 11.3 Å². The quantitative estimate of drug-likeness (QED) is 0.353. The molecule has 0 fully saturated rings. The van der Waals surface area contributed by atoms with Gasteiger partial charge in [0.15, 0.2) is 4.80 Å². The maximum absolute atomic E-state index is 14.6. The highest BCUT2D eigenvalue weighted by molar-refractivity contribution is 7.16. The van der Waals surface area contributed by atoms with Gasteiger partial charge >= 0.3 is 0 Å². The number of hydrogen-bond acceptors (Lipinski definition) is 4. The Hall–Kier alpha value is -3.68. The summed E-state index contributed by atoms with van der Waals surface area (Å²) in [6.07, 6.45) is 0. The first-order valence-corrected chi connectivity index (χ1v) is 11.3. The van der Waals surface area contributed by atoms with Gasteiger partial charge in [-0.3, -0.25) is 4.79 Å². The van der Waals surface area contributed by atoms with Gasteiger partial charge in [0.25, 0.3) is 5.91 Å². The second-order valence-corrected chi connectivity index (χ2v) is 8.48. The number of carbonyl (C=O) groups excluding carboxylic acids is 1. The highest BCUT2D eigenvalue weighted by atomic mass is 32.1. The van der Waals surface area contributed by atoms with Crippen molar-refractivity contribution in [1.82, 2.24) is 9.55 Å². The van der Waals surface area contributed by atoms with E-state index in [-0.39, 0.29) is 5.82 Å². The van der Waals surface area contributed by atoms with Crippen molar-refractivity contribution in [2.24, 2.45) is 4.99 Å². The topological polar surface area (TPSA) is 56.5 Å². The zero-order valence-corrected chi connectivity index (χ0v) is 18.7. The largest absolute Gasteiger partial charge is 0.383 e. The Morgan fingerprint density at radius 3 is 2.67 bits per heavy atom. The van der Waals surface area contributed by atoms with E-state index in [2.05, 4.69) is 4.99 Å². The zero-order chi connectivity index (χ0) is 22.8. The molecule has 0 atom stereocenters. The van der Waals surface area contributed by atoms with Crippen LogP contribution in [0.15, 0.2) is 83.9 Å². The molecule has 0 saturated heterocycles. The molecule has 2 heterocycles. The second kappa shape index (κ2) is 9.05. The number of carbonyl (C=O) groups is 1. The minimum absolute atomic E-state index is 0.352. The normalized spacial score (nSPS) is 12.0. The van der Waals surface area contributed by atoms with Crippen molar-refractivity contribution in [3.05, 3.63) is 95.0 Å². The average Bonchev–Trinajstić information content (AvgIpc) is 3.20. The summed E-state index contributed by atoms with van der Waals surface area (Å²) in [7, 11) is 1.58. The molecule has 0 spiro atoms. The smallest absolute Gasteiger partial charge is 0.280 e. The number of aromatic nitrogens is 2. The monoisotopic (exact) mass is 457 g/mol. The molecule has 0 bridgehead atoms. The standard InChI is InChI=1S/C26H20FN3O2S/c1-32-15-14-30-24-20(27)11-7-13-23(24)33-26(30)29-25(31)19-16-22(17-8-3-2-4-9-17)28-21-12-6-5-10-18(19)21/h2-13,16H,14-15H2,1H3. The number of fused-ring (bicyclic) bond motifs is 2. The molecule has 33 heavy (non-hydrogen) atoms. The van der Waals surface area contributed by atoms with Gasteiger partial charge in [0.05, 0.1) is 33.6 Å². The maximum atomic E-state index is 14.6. The van der Waals surface area contributed by atoms with Crippen LogP contribution < -0.4 is 4.80 Å². The fourth-order valence-electron chi connectivity index (χ4n) is 3.82. The van der Waals surface area contributed by atoms with Crippen LogP contribution >= 0.6 is 11.3 Å². The van der Waals surface area contributed by atoms with Crippen molar-refractivity contribution in [1.29, 1.82) is 0 Å². The van der Waals surface area contributed by atoms with Crippen LogP contribution in [0.3, 0.4) is 0 Å². The van der Waals surface area contributed by atoms with Gasteiger partial charge in [-0.15, -0.1) is 0 Å². The van der Waals surface area contributed by atoms with Gasteiger partial charge in [-0.1, -0.05) is 65.9 Å². The van der Waals surface area contributed by atoms with Crippen LogP contribution in [-0.4, -0.2) is 29.2 Å². The van der Waals surface area contributed by atoms with Crippen LogP contribution in [0.2, 0.25) is 0 Å². The van der Waals surface area contributed by atoms with Crippen molar-refractivity contribution in [2.75, 3.05) is 13.7 Å². The number of halogens is 1. The van der Waals surface area contributed by atoms with Crippen LogP contribution in [0.25, 0.3) is 32.4 Å². The van der Waals surface area contributed by atoms with E-state index in [9.17, 15) is 9.18 Å². The first-order valence-electron chi connectivity index (χ1n) is 10.5. The third-order valence-corrected chi connectivity index (χ3v) is 6.43. The molecular formula is C26H20FN3O2S. The summed E-state index contributed by atoms with van der Waals surface area (Å²) in [4.78, 5) is 23.1. The molecular weight excluding hydrogens is 437 g/mol. The van der Waals surface area contributed by atoms with Crippen LogP contribution in [0.1, 0.15) is 10.4 Å². The van der Waals surface area contributed by atoms with Crippen LogP contribution in [-0.2, 0) is 11.3 Å². The van der Waals surface area contributed by atoms with E-state index in [1.165, 1.54) is 17.4 Å². The Morgan fingerprint density at radius 1 is 1.06 bits per heavy atom. The van der Waals surface area contributed by atoms with Crippen molar-refractivity contribution < 1.29 is 13.9 Å². The molecule has 1 amide bonds. The maximum Gasteiger partial charge on any atom is 0.280 e. The Labute approximate surface area is 193 Å². The Kier molecular flexibility index (Phi) is 5.81. The Morgan fingerprint density at radius 2 is 1.85 bits per heavy atom. The summed E-state index contributed by atoms with van der Waals surface area (Å²) in [5, 5.41) is 0.724. The lowest BCUT2D eigenvalue weighted by Gasteiger charge is -2.08. The highest BCUT2D eigenvalue weighted by Crippen LogP contribution is 2.26. The van der Waals surface area contributed by atoms with Crippen molar-refractivity contribution >= 4 is 38.4 Å². The van der Waals surface area contributed by atoms with Crippen LogP contribution in [0.4, 0.5) is 4.39 Å². The first-order chi connectivity index (χ1) is 16.2. The summed E-state index contributed by atoms with van der Waals surface area (Å²) >= 11 is 1.28. The molecule has 164 valence electrons. The number of amides is 1. The molecule has 3 aromatic carbocycles. The molecule has 2 aromatic heterocycles. The predicted molar refractivity (Wildman–Crippen MR) is 129 cm³/mol. The number of hydrogen-bond donors (Lipinski definition) is 0. The van der Waals surface area contributed by atoms with Crippen LogP contribution in [0, 0.1) is 5.82 Å². The van der Waals surface area contributed by atoms with E-state index in [1.54, 1.807) is 23.8 Å². The number of ether oxygens (including phenoxy) is 1. The summed E-state index contributed by atoms with van der Waals surface area (Å²) in [6, 6.07) is 23.9. The third-order valence-electron chi connectivity index (χ3n) is 5.38. The molecule has 0 aliphatic heterocycles. The Bertz CT molecular complexity index is 1540. The molecule has 0 unspecified atom stereocenters. The molecule has 5 nitrogen and oxygen atoms in total. The lowest BCUT2D eigenvalue weighted by atomic mass is 10.0. The lowest BCUT2D eigenvalue weighted by Crippen LogP contribution is -2.20. The minimum Gasteiger partial charge on any atom is -0.383 e. The molecule has 5 rings (SSSR count). The third kappa shape index (κ3) is 4.08. The predicted octanol–water partition coefficient (Wildman–Crippen LogP) is 5.44. The highest BCUT2D eigenvalue weighted by Gasteiger charge is 2.16. The summed E-state index contributed by atoms with van der Waals surface area (Å²) in [6.45, 7) is 0.758. The fourth-order valence-corrected chi connectivity index (χ4v) is 4.89. The van der Waals surface area contributed by atoms with Gasteiger partial charge in [0.2, 0.25) is 0 Å². The van der Waals surface area contributed by atoms with E-state index in [1.807, 2.05) is 60.7 Å². The minimum atomic E-state index is -0.399. The van der Waals surface area contributed by atoms with Gasteiger partial charge < -0.3 is 9.30 Å². The molecule has 0 aliphatic rings. The fraction of sp³-hybridized carbons (Fsp3) is 0.115. The van der Waals surface area contributed by atoms with Gasteiger partial charge in [0.1, 0.15) is 5.82 Å². The Balaban J connectivity index is 1.70. The molecule has 0 N–H and O–H groups in total. The van der Waals surface area contributed by atoms with E-state index in [0.717, 1.165) is 15.6 Å². The molecule has 0 saturated carbocycles. The number of rotatable bonds is 5. The number of para-hydroxylation sites is 2. The number of nitrogens with zero attached hydrogens (tertiary/aromatic N) is 3. The number of pyridine rings is 1. The van der Waals surface area contributed by atoms with Crippen molar-refractivity contribution in [2.45, 2.75) is 6.54 Å². The van der Waals surface area contributed by atoms with Gasteiger partial charge in [-0.05, 0) is 24.3 Å². The van der Waals surface area contributed by atoms with Crippen LogP contribution in [0.5, 0.6) is 0 Å². The van der Waals surface area contributed by atoms with E-state index >= 15 is 0 Å². The zero-order valence-electron chi connectivity index (χ0n) is 17.9. The SMILES string of the molecule is COCCn1c(=NC(=O)c2cc(-c3ccccc3)nc3ccccc23)sc2cccc(F)c21. The molecule has 5 aromatic rings. The molecule has 0 aliphatic carbocycles.